The van der Waals surface area contributed by atoms with Gasteiger partial charge in [0.25, 0.3) is 0 Å². The number of nitrogens with zero attached hydrogens (tertiary/aromatic N) is 3. The van der Waals surface area contributed by atoms with Crippen LogP contribution in [0.25, 0.3) is 0 Å². The van der Waals surface area contributed by atoms with Crippen molar-refractivity contribution in [3.63, 3.8) is 0 Å². The van der Waals surface area contributed by atoms with Crippen molar-refractivity contribution >= 4 is 27.7 Å². The fourth-order valence-corrected chi connectivity index (χ4v) is 5.16. The number of benzene rings is 3. The van der Waals surface area contributed by atoms with E-state index in [-0.39, 0.29) is 24.7 Å². The Bertz CT molecular complexity index is 1400. The van der Waals surface area contributed by atoms with Crippen LogP contribution in [0.1, 0.15) is 31.4 Å². The largest absolute Gasteiger partial charge is 0.352 e. The molecule has 0 aromatic heterocycles. The number of hydrogen-bond acceptors (Lipinski definition) is 4. The highest BCUT2D eigenvalue weighted by Crippen LogP contribution is 2.22. The van der Waals surface area contributed by atoms with Gasteiger partial charge in [-0.1, -0.05) is 49.4 Å². The van der Waals surface area contributed by atoms with E-state index in [1.54, 1.807) is 0 Å². The van der Waals surface area contributed by atoms with Gasteiger partial charge in [-0.15, -0.1) is 0 Å². The molecule has 3 rings (SSSR count). The van der Waals surface area contributed by atoms with Gasteiger partial charge in [-0.05, 0) is 60.9 Å². The number of nitrogens with one attached hydrogen (secondary N) is 1. The van der Waals surface area contributed by atoms with Crippen LogP contribution >= 0.6 is 0 Å². The maximum absolute atomic E-state index is 14.1. The van der Waals surface area contributed by atoms with Crippen LogP contribution in [0, 0.1) is 11.6 Å². The zero-order valence-corrected chi connectivity index (χ0v) is 24.4. The summed E-state index contributed by atoms with van der Waals surface area (Å²) < 4.78 is 55.8. The monoisotopic (exact) mass is 586 g/mol. The predicted molar refractivity (Wildman–Crippen MR) is 155 cm³/mol. The SMILES string of the molecule is CCC(C)NC(=O)C(Cc1ccccc1)N(Cc1ccc(F)cc1)C(=O)CN(c1ccc(F)cc1)S(=O)(=O)N(C)C. The van der Waals surface area contributed by atoms with Gasteiger partial charge < -0.3 is 10.2 Å². The second kappa shape index (κ2) is 14.2. The molecule has 220 valence electrons. The Balaban J connectivity index is 2.08. The van der Waals surface area contributed by atoms with Crippen LogP contribution in [0.5, 0.6) is 0 Å². The van der Waals surface area contributed by atoms with Crippen molar-refractivity contribution in [2.24, 2.45) is 0 Å². The topological polar surface area (TPSA) is 90.0 Å². The molecule has 11 heteroatoms. The highest BCUT2D eigenvalue weighted by atomic mass is 32.2. The molecule has 0 saturated heterocycles. The van der Waals surface area contributed by atoms with Gasteiger partial charge in [0.2, 0.25) is 11.8 Å². The maximum atomic E-state index is 14.1. The highest BCUT2D eigenvalue weighted by Gasteiger charge is 2.35. The molecule has 3 aromatic carbocycles. The molecular weight excluding hydrogens is 550 g/mol. The van der Waals surface area contributed by atoms with Crippen molar-refractivity contribution in [3.8, 4) is 0 Å². The lowest BCUT2D eigenvalue weighted by atomic mass is 10.0. The minimum atomic E-state index is -4.19. The first-order valence-electron chi connectivity index (χ1n) is 13.3. The fourth-order valence-electron chi connectivity index (χ4n) is 4.11. The molecule has 8 nitrogen and oxygen atoms in total. The lowest BCUT2D eigenvalue weighted by Gasteiger charge is -2.35. The molecule has 2 atom stereocenters. The summed E-state index contributed by atoms with van der Waals surface area (Å²) in [4.78, 5) is 29.1. The number of carbonyl (C=O) groups excluding carboxylic acids is 2. The van der Waals surface area contributed by atoms with E-state index in [1.165, 1.54) is 55.4 Å². The minimum Gasteiger partial charge on any atom is -0.352 e. The number of halogens is 2. The summed E-state index contributed by atoms with van der Waals surface area (Å²) in [5.74, 6) is -2.09. The van der Waals surface area contributed by atoms with Crippen LogP contribution in [0.3, 0.4) is 0 Å². The molecule has 0 saturated carbocycles. The number of anilines is 1. The first-order chi connectivity index (χ1) is 19.4. The van der Waals surface area contributed by atoms with Crippen LogP contribution in [-0.2, 0) is 32.8 Å². The standard InChI is InChI=1S/C30H36F2N4O4S/c1-5-22(2)33-30(38)28(19-23-9-7-6-8-10-23)35(20-24-11-13-25(31)14-12-24)29(37)21-36(41(39,40)34(3)4)27-17-15-26(32)16-18-27/h6-18,22,28H,5,19-21H2,1-4H3,(H,33,38). The van der Waals surface area contributed by atoms with Gasteiger partial charge in [0, 0.05) is 33.1 Å². The van der Waals surface area contributed by atoms with Crippen molar-refractivity contribution in [2.45, 2.75) is 45.3 Å². The molecule has 2 unspecified atom stereocenters. The van der Waals surface area contributed by atoms with Crippen LogP contribution in [-0.4, -0.2) is 62.2 Å². The summed E-state index contributed by atoms with van der Waals surface area (Å²) in [5.41, 5.74) is 1.43. The third-order valence-electron chi connectivity index (χ3n) is 6.67. The number of carbonyl (C=O) groups is 2. The van der Waals surface area contributed by atoms with Crippen molar-refractivity contribution in [2.75, 3.05) is 24.9 Å². The molecular formula is C30H36F2N4O4S. The molecule has 0 aliphatic carbocycles. The molecule has 0 heterocycles. The third-order valence-corrected chi connectivity index (χ3v) is 8.49. The lowest BCUT2D eigenvalue weighted by molar-refractivity contribution is -0.140. The molecule has 3 aromatic rings. The van der Waals surface area contributed by atoms with Crippen LogP contribution in [0.4, 0.5) is 14.5 Å². The molecule has 0 bridgehead atoms. The minimum absolute atomic E-state index is 0.0796. The Labute approximate surface area is 240 Å². The first kappa shape index (κ1) is 31.7. The van der Waals surface area contributed by atoms with E-state index in [1.807, 2.05) is 44.2 Å². The molecule has 0 spiro atoms. The molecule has 2 amide bonds. The molecule has 0 aliphatic heterocycles. The smallest absolute Gasteiger partial charge is 0.304 e. The molecule has 1 N–H and O–H groups in total. The predicted octanol–water partition coefficient (Wildman–Crippen LogP) is 4.13. The van der Waals surface area contributed by atoms with Crippen LogP contribution < -0.4 is 9.62 Å². The second-order valence-corrected chi connectivity index (χ2v) is 12.0. The fraction of sp³-hybridized carbons (Fsp3) is 0.333. The Morgan fingerprint density at radius 1 is 0.854 bits per heavy atom. The number of amides is 2. The van der Waals surface area contributed by atoms with Gasteiger partial charge in [-0.3, -0.25) is 9.59 Å². The highest BCUT2D eigenvalue weighted by molar-refractivity contribution is 7.90. The summed E-state index contributed by atoms with van der Waals surface area (Å²) in [6.07, 6.45) is 0.822. The van der Waals surface area contributed by atoms with Crippen LogP contribution in [0.2, 0.25) is 0 Å². The van der Waals surface area contributed by atoms with Gasteiger partial charge in [0.15, 0.2) is 0 Å². The van der Waals surface area contributed by atoms with E-state index < -0.39 is 46.2 Å². The average molecular weight is 587 g/mol. The number of hydrogen-bond donors (Lipinski definition) is 1. The molecule has 0 aliphatic rings. The third kappa shape index (κ3) is 8.58. The zero-order valence-electron chi connectivity index (χ0n) is 23.6. The van der Waals surface area contributed by atoms with E-state index in [2.05, 4.69) is 5.32 Å². The summed E-state index contributed by atoms with van der Waals surface area (Å²) in [6.45, 7) is 3.04. The van der Waals surface area contributed by atoms with E-state index in [0.29, 0.717) is 12.0 Å². The average Bonchev–Trinajstić information content (AvgIpc) is 2.95. The first-order valence-corrected chi connectivity index (χ1v) is 14.7. The van der Waals surface area contributed by atoms with E-state index in [9.17, 15) is 26.8 Å². The van der Waals surface area contributed by atoms with E-state index in [4.69, 9.17) is 0 Å². The summed E-state index contributed by atoms with van der Waals surface area (Å²) in [6, 6.07) is 18.3. The maximum Gasteiger partial charge on any atom is 0.304 e. The van der Waals surface area contributed by atoms with Crippen LogP contribution in [0.15, 0.2) is 78.9 Å². The molecule has 0 radical (unpaired) electrons. The van der Waals surface area contributed by atoms with Gasteiger partial charge >= 0.3 is 10.2 Å². The van der Waals surface area contributed by atoms with Gasteiger partial charge in [-0.25, -0.2) is 13.1 Å². The second-order valence-electron chi connectivity index (χ2n) is 9.94. The zero-order chi connectivity index (χ0) is 30.2. The Kier molecular flexibility index (Phi) is 11.0. The Hall–Kier alpha value is -3.83. The molecule has 0 fully saturated rings. The van der Waals surface area contributed by atoms with E-state index >= 15 is 0 Å². The van der Waals surface area contributed by atoms with Gasteiger partial charge in [0.05, 0.1) is 5.69 Å². The van der Waals surface area contributed by atoms with Crippen molar-refractivity contribution < 1.29 is 26.8 Å². The summed E-state index contributed by atoms with van der Waals surface area (Å²) >= 11 is 0. The quantitative estimate of drug-likeness (QED) is 0.326. The van der Waals surface area contributed by atoms with Crippen molar-refractivity contribution in [1.29, 1.82) is 0 Å². The number of rotatable bonds is 13. The summed E-state index contributed by atoms with van der Waals surface area (Å²) in [5, 5.41) is 2.95. The van der Waals surface area contributed by atoms with Gasteiger partial charge in [0.1, 0.15) is 24.2 Å². The Morgan fingerprint density at radius 2 is 1.41 bits per heavy atom. The normalized spacial score (nSPS) is 13.0. The van der Waals surface area contributed by atoms with Gasteiger partial charge in [-0.2, -0.15) is 12.7 Å². The van der Waals surface area contributed by atoms with Crippen molar-refractivity contribution in [3.05, 3.63) is 102 Å². The summed E-state index contributed by atoms with van der Waals surface area (Å²) in [7, 11) is -1.55. The Morgan fingerprint density at radius 3 is 1.95 bits per heavy atom. The molecule has 41 heavy (non-hydrogen) atoms. The van der Waals surface area contributed by atoms with Crippen molar-refractivity contribution in [1.82, 2.24) is 14.5 Å². The lowest BCUT2D eigenvalue weighted by Crippen LogP contribution is -2.55. The van der Waals surface area contributed by atoms with E-state index in [0.717, 1.165) is 26.3 Å².